The number of hydrogen-bond acceptors (Lipinski definition) is 3. The summed E-state index contributed by atoms with van der Waals surface area (Å²) in [6.45, 7) is 0.669. The molecule has 2 aromatic rings. The van der Waals surface area contributed by atoms with Crippen LogP contribution in [0.1, 0.15) is 17.4 Å². The Kier molecular flexibility index (Phi) is 4.29. The maximum absolute atomic E-state index is 13.8. The Morgan fingerprint density at radius 3 is 2.74 bits per heavy atom. The first-order chi connectivity index (χ1) is 9.11. The predicted molar refractivity (Wildman–Crippen MR) is 68.3 cm³/mol. The maximum atomic E-state index is 13.8. The van der Waals surface area contributed by atoms with Gasteiger partial charge in [-0.15, -0.1) is 0 Å². The van der Waals surface area contributed by atoms with E-state index < -0.39 is 17.7 Å². The molecule has 0 amide bonds. The normalized spacial score (nSPS) is 12.9. The monoisotopic (exact) mass is 266 g/mol. The highest BCUT2D eigenvalue weighted by Gasteiger charge is 2.20. The van der Waals surface area contributed by atoms with Crippen molar-refractivity contribution in [1.82, 2.24) is 4.90 Å². The van der Waals surface area contributed by atoms with Crippen molar-refractivity contribution in [2.45, 2.75) is 12.6 Å². The lowest BCUT2D eigenvalue weighted by molar-refractivity contribution is 0.218. The van der Waals surface area contributed by atoms with E-state index in [1.165, 1.54) is 6.07 Å². The smallest absolute Gasteiger partial charge is 0.128 e. The van der Waals surface area contributed by atoms with E-state index >= 15 is 0 Å². The number of rotatable bonds is 5. The molecular weight excluding hydrogens is 250 g/mol. The van der Waals surface area contributed by atoms with Crippen LogP contribution in [-0.4, -0.2) is 18.5 Å². The van der Waals surface area contributed by atoms with Crippen molar-refractivity contribution in [3.05, 3.63) is 59.6 Å². The molecular formula is C14H16F2N2O. The third-order valence-electron chi connectivity index (χ3n) is 3.06. The van der Waals surface area contributed by atoms with Crippen molar-refractivity contribution in [2.24, 2.45) is 5.73 Å². The molecule has 1 atom stereocenters. The van der Waals surface area contributed by atoms with Gasteiger partial charge in [0.1, 0.15) is 17.4 Å². The summed E-state index contributed by atoms with van der Waals surface area (Å²) in [5.41, 5.74) is 5.95. The van der Waals surface area contributed by atoms with Crippen LogP contribution in [0.4, 0.5) is 8.78 Å². The summed E-state index contributed by atoms with van der Waals surface area (Å²) in [5.74, 6) is -0.179. The van der Waals surface area contributed by atoms with Crippen LogP contribution in [0, 0.1) is 11.6 Å². The zero-order valence-corrected chi connectivity index (χ0v) is 10.6. The molecule has 102 valence electrons. The van der Waals surface area contributed by atoms with Gasteiger partial charge in [-0.2, -0.15) is 0 Å². The number of likely N-dealkylation sites (N-methyl/N-ethyl adjacent to an activating group) is 1. The second-order valence-corrected chi connectivity index (χ2v) is 4.41. The number of benzene rings is 1. The van der Waals surface area contributed by atoms with Gasteiger partial charge in [0.05, 0.1) is 18.8 Å². The van der Waals surface area contributed by atoms with Gasteiger partial charge in [-0.1, -0.05) is 0 Å². The lowest BCUT2D eigenvalue weighted by Crippen LogP contribution is -2.30. The molecule has 0 aliphatic carbocycles. The van der Waals surface area contributed by atoms with Crippen LogP contribution in [0.15, 0.2) is 41.0 Å². The standard InChI is InChI=1S/C14H16F2N2O/c1-18(9-11-3-2-6-19-11)14(8-17)12-7-10(15)4-5-13(12)16/h2-7,14H,8-9,17H2,1H3. The largest absolute Gasteiger partial charge is 0.468 e. The summed E-state index contributed by atoms with van der Waals surface area (Å²) in [5, 5.41) is 0. The van der Waals surface area contributed by atoms with Gasteiger partial charge in [0.15, 0.2) is 0 Å². The molecule has 0 radical (unpaired) electrons. The van der Waals surface area contributed by atoms with E-state index in [0.29, 0.717) is 6.54 Å². The van der Waals surface area contributed by atoms with E-state index in [-0.39, 0.29) is 12.1 Å². The van der Waals surface area contributed by atoms with E-state index in [2.05, 4.69) is 0 Å². The van der Waals surface area contributed by atoms with E-state index in [0.717, 1.165) is 17.9 Å². The number of nitrogens with two attached hydrogens (primary N) is 1. The average Bonchev–Trinajstić information content (AvgIpc) is 2.87. The predicted octanol–water partition coefficient (Wildman–Crippen LogP) is 2.69. The van der Waals surface area contributed by atoms with Crippen LogP contribution in [0.25, 0.3) is 0 Å². The number of furan rings is 1. The van der Waals surface area contributed by atoms with Gasteiger partial charge in [0, 0.05) is 12.1 Å². The Hall–Kier alpha value is -1.72. The second-order valence-electron chi connectivity index (χ2n) is 4.41. The molecule has 2 rings (SSSR count). The van der Waals surface area contributed by atoms with Gasteiger partial charge in [-0.3, -0.25) is 4.90 Å². The molecule has 0 aliphatic rings. The first-order valence-electron chi connectivity index (χ1n) is 5.99. The van der Waals surface area contributed by atoms with Gasteiger partial charge in [-0.25, -0.2) is 8.78 Å². The van der Waals surface area contributed by atoms with Crippen molar-refractivity contribution >= 4 is 0 Å². The minimum atomic E-state index is -0.471. The molecule has 0 fully saturated rings. The Balaban J connectivity index is 2.21. The molecule has 0 spiro atoms. The molecule has 0 bridgehead atoms. The molecule has 0 saturated carbocycles. The molecule has 1 unspecified atom stereocenters. The number of halogens is 2. The minimum Gasteiger partial charge on any atom is -0.468 e. The zero-order valence-electron chi connectivity index (χ0n) is 10.6. The fraction of sp³-hybridized carbons (Fsp3) is 0.286. The van der Waals surface area contributed by atoms with E-state index in [1.807, 2.05) is 11.0 Å². The van der Waals surface area contributed by atoms with Crippen molar-refractivity contribution in [1.29, 1.82) is 0 Å². The SMILES string of the molecule is CN(Cc1ccco1)C(CN)c1cc(F)ccc1F. The molecule has 2 N–H and O–H groups in total. The van der Waals surface area contributed by atoms with Crippen LogP contribution in [0.2, 0.25) is 0 Å². The summed E-state index contributed by atoms with van der Waals surface area (Å²) in [7, 11) is 1.80. The lowest BCUT2D eigenvalue weighted by Gasteiger charge is -2.26. The molecule has 5 heteroatoms. The average molecular weight is 266 g/mol. The third kappa shape index (κ3) is 3.19. The van der Waals surface area contributed by atoms with Crippen molar-refractivity contribution in [3.63, 3.8) is 0 Å². The molecule has 0 aliphatic heterocycles. The summed E-state index contributed by atoms with van der Waals surface area (Å²) in [4.78, 5) is 1.83. The van der Waals surface area contributed by atoms with Gasteiger partial charge in [-0.05, 0) is 37.4 Å². The number of hydrogen-bond donors (Lipinski definition) is 1. The molecule has 1 aromatic carbocycles. The van der Waals surface area contributed by atoms with E-state index in [9.17, 15) is 8.78 Å². The van der Waals surface area contributed by atoms with Crippen molar-refractivity contribution < 1.29 is 13.2 Å². The third-order valence-corrected chi connectivity index (χ3v) is 3.06. The number of nitrogens with zero attached hydrogens (tertiary/aromatic N) is 1. The Labute approximate surface area is 110 Å². The highest BCUT2D eigenvalue weighted by atomic mass is 19.1. The Bertz CT molecular complexity index is 528. The zero-order chi connectivity index (χ0) is 13.8. The first kappa shape index (κ1) is 13.7. The molecule has 3 nitrogen and oxygen atoms in total. The summed E-state index contributed by atoms with van der Waals surface area (Å²) in [6, 6.07) is 6.61. The van der Waals surface area contributed by atoms with Gasteiger partial charge in [0.25, 0.3) is 0 Å². The first-order valence-corrected chi connectivity index (χ1v) is 5.99. The molecule has 0 saturated heterocycles. The Morgan fingerprint density at radius 2 is 2.11 bits per heavy atom. The van der Waals surface area contributed by atoms with E-state index in [4.69, 9.17) is 10.2 Å². The summed E-state index contributed by atoms with van der Waals surface area (Å²) < 4.78 is 32.3. The minimum absolute atomic E-state index is 0.192. The molecule has 19 heavy (non-hydrogen) atoms. The quantitative estimate of drug-likeness (QED) is 0.904. The highest BCUT2D eigenvalue weighted by molar-refractivity contribution is 5.23. The maximum Gasteiger partial charge on any atom is 0.128 e. The fourth-order valence-corrected chi connectivity index (χ4v) is 2.07. The van der Waals surface area contributed by atoms with Gasteiger partial charge >= 0.3 is 0 Å². The second kappa shape index (κ2) is 5.95. The van der Waals surface area contributed by atoms with Crippen LogP contribution < -0.4 is 5.73 Å². The van der Waals surface area contributed by atoms with Crippen LogP contribution >= 0.6 is 0 Å². The highest BCUT2D eigenvalue weighted by Crippen LogP contribution is 2.24. The topological polar surface area (TPSA) is 42.4 Å². The fourth-order valence-electron chi connectivity index (χ4n) is 2.07. The van der Waals surface area contributed by atoms with Gasteiger partial charge < -0.3 is 10.2 Å². The van der Waals surface area contributed by atoms with Crippen molar-refractivity contribution in [3.8, 4) is 0 Å². The van der Waals surface area contributed by atoms with Crippen LogP contribution in [-0.2, 0) is 6.54 Å². The summed E-state index contributed by atoms with van der Waals surface area (Å²) >= 11 is 0. The van der Waals surface area contributed by atoms with Crippen molar-refractivity contribution in [2.75, 3.05) is 13.6 Å². The molecule has 1 heterocycles. The summed E-state index contributed by atoms with van der Waals surface area (Å²) in [6.07, 6.45) is 1.57. The van der Waals surface area contributed by atoms with E-state index in [1.54, 1.807) is 19.4 Å². The molecule has 1 aromatic heterocycles. The van der Waals surface area contributed by atoms with Crippen LogP contribution in [0.3, 0.4) is 0 Å². The van der Waals surface area contributed by atoms with Gasteiger partial charge in [0.2, 0.25) is 0 Å². The van der Waals surface area contributed by atoms with Crippen LogP contribution in [0.5, 0.6) is 0 Å². The Morgan fingerprint density at radius 1 is 1.32 bits per heavy atom. The lowest BCUT2D eigenvalue weighted by atomic mass is 10.0.